The van der Waals surface area contributed by atoms with Gasteiger partial charge in [-0.2, -0.15) is 10.4 Å². The van der Waals surface area contributed by atoms with Crippen molar-refractivity contribution in [3.05, 3.63) is 36.3 Å². The summed E-state index contributed by atoms with van der Waals surface area (Å²) in [5.74, 6) is 0.600. The number of carbonyl (C=O) groups is 1. The molecule has 12 heteroatoms. The summed E-state index contributed by atoms with van der Waals surface area (Å²) < 4.78 is 1.31. The van der Waals surface area contributed by atoms with Gasteiger partial charge in [0.2, 0.25) is 5.88 Å². The van der Waals surface area contributed by atoms with Crippen molar-refractivity contribution in [2.24, 2.45) is 7.05 Å². The van der Waals surface area contributed by atoms with Gasteiger partial charge in [0.05, 0.1) is 23.5 Å². The molecule has 3 heterocycles. The fraction of sp³-hybridized carbons (Fsp3) is 0.300. The van der Waals surface area contributed by atoms with Crippen LogP contribution in [0.5, 0.6) is 5.88 Å². The Bertz CT molecular complexity index is 1140. The Morgan fingerprint density at radius 1 is 1.31 bits per heavy atom. The zero-order valence-electron chi connectivity index (χ0n) is 17.6. The molecule has 166 valence electrons. The Kier molecular flexibility index (Phi) is 7.14. The van der Waals surface area contributed by atoms with E-state index in [1.807, 2.05) is 13.0 Å². The SMILES string of the molecule is C[C@@H](CCO)Nc1cc(Nc2ccnc(-c3cnn(C)c3O)n2)ncc1C(=O)NCC#N. The fourth-order valence-corrected chi connectivity index (χ4v) is 2.85. The van der Waals surface area contributed by atoms with Gasteiger partial charge in [-0.15, -0.1) is 0 Å². The van der Waals surface area contributed by atoms with Gasteiger partial charge >= 0.3 is 0 Å². The molecule has 1 amide bonds. The molecule has 0 radical (unpaired) electrons. The van der Waals surface area contributed by atoms with Gasteiger partial charge in [-0.1, -0.05) is 0 Å². The molecule has 5 N–H and O–H groups in total. The molecule has 0 unspecified atom stereocenters. The molecule has 0 saturated heterocycles. The standard InChI is InChI=1S/C20H23N9O3/c1-12(4-8-30)26-15-9-17(24-10-13(15)19(31)23-7-5-21)27-16-3-6-22-18(28-16)14-11-25-29(2)20(14)32/h3,6,9-12,30,32H,4,7-8H2,1-2H3,(H,23,31)(H2,22,24,26,27,28)/t12-/m0/s1. The number of hydrogen-bond acceptors (Lipinski definition) is 10. The van der Waals surface area contributed by atoms with Crippen LogP contribution in [-0.2, 0) is 7.05 Å². The zero-order valence-corrected chi connectivity index (χ0v) is 17.6. The monoisotopic (exact) mass is 437 g/mol. The Hall–Kier alpha value is -4.24. The van der Waals surface area contributed by atoms with Crippen LogP contribution in [0.4, 0.5) is 17.3 Å². The number of carbonyl (C=O) groups excluding carboxylic acids is 1. The first-order valence-electron chi connectivity index (χ1n) is 9.77. The lowest BCUT2D eigenvalue weighted by molar-refractivity contribution is 0.0959. The van der Waals surface area contributed by atoms with E-state index in [0.29, 0.717) is 29.3 Å². The Morgan fingerprint density at radius 2 is 2.12 bits per heavy atom. The van der Waals surface area contributed by atoms with Crippen LogP contribution in [-0.4, -0.2) is 60.0 Å². The van der Waals surface area contributed by atoms with E-state index >= 15 is 0 Å². The van der Waals surface area contributed by atoms with Crippen LogP contribution in [0.25, 0.3) is 11.4 Å². The molecule has 0 fully saturated rings. The van der Waals surface area contributed by atoms with Crippen LogP contribution in [0.3, 0.4) is 0 Å². The molecular weight excluding hydrogens is 414 g/mol. The molecule has 0 saturated carbocycles. The second-order valence-electron chi connectivity index (χ2n) is 6.91. The van der Waals surface area contributed by atoms with Gasteiger partial charge in [0, 0.05) is 38.2 Å². The van der Waals surface area contributed by atoms with Gasteiger partial charge in [-0.3, -0.25) is 4.79 Å². The Labute approximate surface area is 184 Å². The normalized spacial score (nSPS) is 11.4. The number of aryl methyl sites for hydroxylation is 1. The number of aliphatic hydroxyl groups excluding tert-OH is 1. The molecule has 1 atom stereocenters. The summed E-state index contributed by atoms with van der Waals surface area (Å²) in [6.07, 6.45) is 4.86. The first-order chi connectivity index (χ1) is 15.4. The molecule has 0 spiro atoms. The minimum absolute atomic E-state index is 0.00871. The summed E-state index contributed by atoms with van der Waals surface area (Å²) in [6, 6.07) is 5.02. The number of amides is 1. The van der Waals surface area contributed by atoms with Crippen molar-refractivity contribution in [1.82, 2.24) is 30.0 Å². The Balaban J connectivity index is 1.88. The van der Waals surface area contributed by atoms with E-state index in [1.54, 1.807) is 19.2 Å². The maximum absolute atomic E-state index is 12.4. The molecule has 32 heavy (non-hydrogen) atoms. The predicted octanol–water partition coefficient (Wildman–Crippen LogP) is 1.16. The fourth-order valence-electron chi connectivity index (χ4n) is 2.85. The number of pyridine rings is 1. The number of nitrogens with zero attached hydrogens (tertiary/aromatic N) is 6. The molecular formula is C20H23N9O3. The average molecular weight is 437 g/mol. The number of rotatable bonds is 9. The van der Waals surface area contributed by atoms with Crippen molar-refractivity contribution in [2.45, 2.75) is 19.4 Å². The number of anilines is 3. The molecule has 3 aromatic rings. The summed E-state index contributed by atoms with van der Waals surface area (Å²) in [7, 11) is 1.60. The smallest absolute Gasteiger partial charge is 0.255 e. The highest BCUT2D eigenvalue weighted by atomic mass is 16.3. The highest BCUT2D eigenvalue weighted by Gasteiger charge is 2.16. The quantitative estimate of drug-likeness (QED) is 0.306. The number of nitriles is 1. The van der Waals surface area contributed by atoms with Crippen molar-refractivity contribution in [1.29, 1.82) is 5.26 Å². The maximum Gasteiger partial charge on any atom is 0.255 e. The molecule has 0 aliphatic rings. The highest BCUT2D eigenvalue weighted by molar-refractivity contribution is 6.00. The van der Waals surface area contributed by atoms with E-state index in [9.17, 15) is 15.0 Å². The van der Waals surface area contributed by atoms with E-state index in [0.717, 1.165) is 0 Å². The lowest BCUT2D eigenvalue weighted by Crippen LogP contribution is -2.26. The van der Waals surface area contributed by atoms with Crippen LogP contribution < -0.4 is 16.0 Å². The second-order valence-corrected chi connectivity index (χ2v) is 6.91. The first kappa shape index (κ1) is 22.4. The first-order valence-corrected chi connectivity index (χ1v) is 9.77. The van der Waals surface area contributed by atoms with E-state index in [-0.39, 0.29) is 36.5 Å². The van der Waals surface area contributed by atoms with Crippen LogP contribution >= 0.6 is 0 Å². The third-order valence-electron chi connectivity index (χ3n) is 4.50. The molecule has 0 aromatic carbocycles. The third kappa shape index (κ3) is 5.27. The van der Waals surface area contributed by atoms with Crippen LogP contribution in [0.1, 0.15) is 23.7 Å². The number of aromatic nitrogens is 5. The molecule has 0 aliphatic carbocycles. The minimum atomic E-state index is -0.444. The molecule has 0 bridgehead atoms. The number of aliphatic hydroxyl groups is 1. The van der Waals surface area contributed by atoms with Gasteiger partial charge in [0.15, 0.2) is 5.82 Å². The van der Waals surface area contributed by atoms with Gasteiger partial charge in [-0.25, -0.2) is 19.6 Å². The summed E-state index contributed by atoms with van der Waals surface area (Å²) in [6.45, 7) is 1.73. The summed E-state index contributed by atoms with van der Waals surface area (Å²) in [4.78, 5) is 25.2. The van der Waals surface area contributed by atoms with Crippen molar-refractivity contribution in [2.75, 3.05) is 23.8 Å². The van der Waals surface area contributed by atoms with Crippen molar-refractivity contribution >= 4 is 23.2 Å². The lowest BCUT2D eigenvalue weighted by atomic mass is 10.1. The zero-order chi connectivity index (χ0) is 23.1. The third-order valence-corrected chi connectivity index (χ3v) is 4.50. The minimum Gasteiger partial charge on any atom is -0.493 e. The molecule has 12 nitrogen and oxygen atoms in total. The van der Waals surface area contributed by atoms with Crippen LogP contribution in [0.2, 0.25) is 0 Å². The molecule has 3 rings (SSSR count). The number of hydrogen-bond donors (Lipinski definition) is 5. The number of aromatic hydroxyl groups is 1. The maximum atomic E-state index is 12.4. The van der Waals surface area contributed by atoms with E-state index < -0.39 is 5.91 Å². The van der Waals surface area contributed by atoms with E-state index in [2.05, 4.69) is 36.0 Å². The highest BCUT2D eigenvalue weighted by Crippen LogP contribution is 2.27. The average Bonchev–Trinajstić information content (AvgIpc) is 3.11. The summed E-state index contributed by atoms with van der Waals surface area (Å²) in [5, 5.41) is 40.7. The van der Waals surface area contributed by atoms with Crippen molar-refractivity contribution < 1.29 is 15.0 Å². The largest absolute Gasteiger partial charge is 0.493 e. The summed E-state index contributed by atoms with van der Waals surface area (Å²) >= 11 is 0. The lowest BCUT2D eigenvalue weighted by Gasteiger charge is -2.18. The molecule has 3 aromatic heterocycles. The van der Waals surface area contributed by atoms with Crippen LogP contribution in [0.15, 0.2) is 30.7 Å². The Morgan fingerprint density at radius 3 is 2.81 bits per heavy atom. The van der Waals surface area contributed by atoms with Crippen molar-refractivity contribution in [3.8, 4) is 23.3 Å². The van der Waals surface area contributed by atoms with Gasteiger partial charge in [-0.05, 0) is 19.4 Å². The number of nitrogens with one attached hydrogen (secondary N) is 3. The second kappa shape index (κ2) is 10.2. The topological polar surface area (TPSA) is 174 Å². The van der Waals surface area contributed by atoms with Gasteiger partial charge < -0.3 is 26.2 Å². The molecule has 0 aliphatic heterocycles. The van der Waals surface area contributed by atoms with E-state index in [1.165, 1.54) is 23.3 Å². The predicted molar refractivity (Wildman–Crippen MR) is 116 cm³/mol. The van der Waals surface area contributed by atoms with Crippen molar-refractivity contribution in [3.63, 3.8) is 0 Å². The van der Waals surface area contributed by atoms with E-state index in [4.69, 9.17) is 5.26 Å². The van der Waals surface area contributed by atoms with Gasteiger partial charge in [0.25, 0.3) is 5.91 Å². The van der Waals surface area contributed by atoms with Gasteiger partial charge in [0.1, 0.15) is 23.7 Å². The summed E-state index contributed by atoms with van der Waals surface area (Å²) in [5.41, 5.74) is 1.13. The van der Waals surface area contributed by atoms with Crippen LogP contribution in [0, 0.1) is 11.3 Å².